The van der Waals surface area contributed by atoms with Crippen LogP contribution in [0.15, 0.2) is 16.5 Å². The molecule has 2 N–H and O–H groups in total. The Kier molecular flexibility index (Phi) is 7.55. The van der Waals surface area contributed by atoms with Gasteiger partial charge in [-0.3, -0.25) is 4.79 Å². The number of nitrogens with one attached hydrogen (secondary N) is 2. The van der Waals surface area contributed by atoms with E-state index in [9.17, 15) is 4.79 Å². The minimum atomic E-state index is -0.332. The Balaban J connectivity index is 1.99. The molecule has 6 nitrogen and oxygen atoms in total. The highest BCUT2D eigenvalue weighted by Gasteiger charge is 2.19. The standard InChI is InChI=1S/C17H23ClN4O2S2/c1-9(2)8-19-16-21-22-17(26-16)25-11(4)15(23)20-13-6-10(3)12(18)7-14(13)24-5/h6-7,9,11H,8H2,1-5H3,(H,19,21)(H,20,23)/t11-/m1/s1. The molecule has 1 heterocycles. The molecule has 2 aromatic rings. The number of halogens is 1. The third-order valence-electron chi connectivity index (χ3n) is 3.45. The fraction of sp³-hybridized carbons (Fsp3) is 0.471. The summed E-state index contributed by atoms with van der Waals surface area (Å²) in [4.78, 5) is 12.5. The molecule has 0 aliphatic heterocycles. The number of nitrogens with zero attached hydrogens (tertiary/aromatic N) is 2. The Morgan fingerprint density at radius 2 is 2.08 bits per heavy atom. The van der Waals surface area contributed by atoms with Gasteiger partial charge in [0.25, 0.3) is 0 Å². The van der Waals surface area contributed by atoms with E-state index in [2.05, 4.69) is 34.7 Å². The molecule has 142 valence electrons. The van der Waals surface area contributed by atoms with E-state index >= 15 is 0 Å². The largest absolute Gasteiger partial charge is 0.495 e. The lowest BCUT2D eigenvalue weighted by Crippen LogP contribution is -2.22. The normalized spacial score (nSPS) is 12.1. The van der Waals surface area contributed by atoms with Crippen LogP contribution in [0.2, 0.25) is 5.02 Å². The maximum absolute atomic E-state index is 12.5. The molecule has 9 heteroatoms. The lowest BCUT2D eigenvalue weighted by Gasteiger charge is -2.14. The van der Waals surface area contributed by atoms with Gasteiger partial charge in [0, 0.05) is 17.6 Å². The van der Waals surface area contributed by atoms with Crippen LogP contribution in [0.25, 0.3) is 0 Å². The van der Waals surface area contributed by atoms with Gasteiger partial charge in [0.2, 0.25) is 11.0 Å². The van der Waals surface area contributed by atoms with Crippen LogP contribution >= 0.6 is 34.7 Å². The Hall–Kier alpha value is -1.51. The predicted molar refractivity (Wildman–Crippen MR) is 110 cm³/mol. The molecule has 0 saturated heterocycles. The average molecular weight is 415 g/mol. The first-order chi connectivity index (χ1) is 12.3. The van der Waals surface area contributed by atoms with Gasteiger partial charge >= 0.3 is 0 Å². The molecular formula is C17H23ClN4O2S2. The molecule has 0 aliphatic carbocycles. The van der Waals surface area contributed by atoms with Gasteiger partial charge < -0.3 is 15.4 Å². The first-order valence-electron chi connectivity index (χ1n) is 8.19. The number of ether oxygens (including phenoxy) is 1. The number of thioether (sulfide) groups is 1. The van der Waals surface area contributed by atoms with Gasteiger partial charge in [-0.25, -0.2) is 0 Å². The zero-order valence-electron chi connectivity index (χ0n) is 15.4. The third-order valence-corrected chi connectivity index (χ3v) is 5.93. The minimum absolute atomic E-state index is 0.137. The van der Waals surface area contributed by atoms with Crippen molar-refractivity contribution in [2.45, 2.75) is 37.3 Å². The van der Waals surface area contributed by atoms with Crippen LogP contribution in [0, 0.1) is 12.8 Å². The molecule has 0 fully saturated rings. The molecular weight excluding hydrogens is 392 g/mol. The van der Waals surface area contributed by atoms with Crippen LogP contribution in [-0.4, -0.2) is 35.0 Å². The second-order valence-electron chi connectivity index (χ2n) is 6.20. The number of aryl methyl sites for hydroxylation is 1. The van der Waals surface area contributed by atoms with Crippen molar-refractivity contribution >= 4 is 51.4 Å². The van der Waals surface area contributed by atoms with Crippen molar-refractivity contribution in [3.63, 3.8) is 0 Å². The Labute approximate surface area is 167 Å². The maximum Gasteiger partial charge on any atom is 0.237 e. The Morgan fingerprint density at radius 3 is 2.73 bits per heavy atom. The number of hydrogen-bond acceptors (Lipinski definition) is 7. The van der Waals surface area contributed by atoms with Crippen LogP contribution in [0.4, 0.5) is 10.8 Å². The summed E-state index contributed by atoms with van der Waals surface area (Å²) in [5.74, 6) is 0.918. The van der Waals surface area contributed by atoms with Crippen LogP contribution < -0.4 is 15.4 Å². The second kappa shape index (κ2) is 9.43. The van der Waals surface area contributed by atoms with E-state index in [1.165, 1.54) is 23.1 Å². The number of carbonyl (C=O) groups is 1. The number of methoxy groups -OCH3 is 1. The summed E-state index contributed by atoms with van der Waals surface area (Å²) < 4.78 is 6.04. The van der Waals surface area contributed by atoms with Crippen LogP contribution in [-0.2, 0) is 4.79 Å². The number of anilines is 2. The lowest BCUT2D eigenvalue weighted by molar-refractivity contribution is -0.115. The van der Waals surface area contributed by atoms with Crippen LogP contribution in [0.5, 0.6) is 5.75 Å². The van der Waals surface area contributed by atoms with Gasteiger partial charge in [0.15, 0.2) is 4.34 Å². The summed E-state index contributed by atoms with van der Waals surface area (Å²) in [5.41, 5.74) is 1.47. The van der Waals surface area contributed by atoms with Gasteiger partial charge in [-0.1, -0.05) is 48.5 Å². The SMILES string of the molecule is COc1cc(Cl)c(C)cc1NC(=O)[C@@H](C)Sc1nnc(NCC(C)C)s1. The highest BCUT2D eigenvalue weighted by Crippen LogP contribution is 2.33. The summed E-state index contributed by atoms with van der Waals surface area (Å²) in [5, 5.41) is 15.4. The molecule has 0 saturated carbocycles. The van der Waals surface area contributed by atoms with E-state index in [4.69, 9.17) is 16.3 Å². The van der Waals surface area contributed by atoms with E-state index in [-0.39, 0.29) is 11.2 Å². The van der Waals surface area contributed by atoms with E-state index in [0.29, 0.717) is 22.4 Å². The monoisotopic (exact) mass is 414 g/mol. The van der Waals surface area contributed by atoms with Crippen molar-refractivity contribution in [3.8, 4) is 5.75 Å². The molecule has 2 rings (SSSR count). The van der Waals surface area contributed by atoms with E-state index in [0.717, 1.165) is 21.6 Å². The molecule has 1 atom stereocenters. The summed E-state index contributed by atoms with van der Waals surface area (Å²) in [7, 11) is 1.54. The molecule has 1 amide bonds. The molecule has 1 aromatic heterocycles. The van der Waals surface area contributed by atoms with E-state index < -0.39 is 0 Å². The smallest absolute Gasteiger partial charge is 0.237 e. The van der Waals surface area contributed by atoms with Gasteiger partial charge in [0.1, 0.15) is 5.75 Å². The zero-order chi connectivity index (χ0) is 19.3. The van der Waals surface area contributed by atoms with Crippen molar-refractivity contribution in [2.75, 3.05) is 24.3 Å². The summed E-state index contributed by atoms with van der Waals surface area (Å²) in [6, 6.07) is 3.50. The molecule has 0 radical (unpaired) electrons. The topological polar surface area (TPSA) is 76.1 Å². The summed E-state index contributed by atoms with van der Waals surface area (Å²) in [6.45, 7) is 8.80. The second-order valence-corrected chi connectivity index (χ2v) is 9.17. The highest BCUT2D eigenvalue weighted by atomic mass is 35.5. The van der Waals surface area contributed by atoms with Crippen molar-refractivity contribution < 1.29 is 9.53 Å². The average Bonchev–Trinajstić information content (AvgIpc) is 3.03. The number of aromatic nitrogens is 2. The highest BCUT2D eigenvalue weighted by molar-refractivity contribution is 8.02. The first-order valence-corrected chi connectivity index (χ1v) is 10.3. The molecule has 0 bridgehead atoms. The summed E-state index contributed by atoms with van der Waals surface area (Å²) in [6.07, 6.45) is 0. The van der Waals surface area contributed by atoms with Gasteiger partial charge in [0.05, 0.1) is 18.0 Å². The van der Waals surface area contributed by atoms with E-state index in [1.54, 1.807) is 19.2 Å². The number of carbonyl (C=O) groups excluding carboxylic acids is 1. The zero-order valence-corrected chi connectivity index (χ0v) is 17.8. The van der Waals surface area contributed by atoms with Crippen molar-refractivity contribution in [3.05, 3.63) is 22.7 Å². The van der Waals surface area contributed by atoms with Crippen molar-refractivity contribution in [1.82, 2.24) is 10.2 Å². The maximum atomic E-state index is 12.5. The Bertz CT molecular complexity index is 767. The number of hydrogen-bond donors (Lipinski definition) is 2. The van der Waals surface area contributed by atoms with Gasteiger partial charge in [-0.15, -0.1) is 10.2 Å². The minimum Gasteiger partial charge on any atom is -0.495 e. The van der Waals surface area contributed by atoms with Crippen LogP contribution in [0.3, 0.4) is 0 Å². The lowest BCUT2D eigenvalue weighted by atomic mass is 10.2. The molecule has 26 heavy (non-hydrogen) atoms. The number of rotatable bonds is 8. The van der Waals surface area contributed by atoms with E-state index in [1.807, 2.05) is 13.8 Å². The molecule has 0 spiro atoms. The fourth-order valence-corrected chi connectivity index (χ4v) is 4.05. The molecule has 0 aliphatic rings. The fourth-order valence-electron chi connectivity index (χ4n) is 1.99. The first kappa shape index (κ1) is 20.8. The van der Waals surface area contributed by atoms with Gasteiger partial charge in [-0.2, -0.15) is 0 Å². The Morgan fingerprint density at radius 1 is 1.35 bits per heavy atom. The third kappa shape index (κ3) is 5.75. The molecule has 1 aromatic carbocycles. The van der Waals surface area contributed by atoms with Crippen molar-refractivity contribution in [2.24, 2.45) is 5.92 Å². The quantitative estimate of drug-likeness (QED) is 0.610. The van der Waals surface area contributed by atoms with Crippen LogP contribution in [0.1, 0.15) is 26.3 Å². The molecule has 0 unspecified atom stereocenters. The predicted octanol–water partition coefficient (Wildman–Crippen LogP) is 4.70. The van der Waals surface area contributed by atoms with Gasteiger partial charge in [-0.05, 0) is 31.4 Å². The number of amides is 1. The van der Waals surface area contributed by atoms with Crippen molar-refractivity contribution in [1.29, 1.82) is 0 Å². The number of benzene rings is 1. The summed E-state index contributed by atoms with van der Waals surface area (Å²) >= 11 is 8.92.